The van der Waals surface area contributed by atoms with Crippen LogP contribution in [0, 0.1) is 0 Å². The molecule has 2 heterocycles. The van der Waals surface area contributed by atoms with Crippen molar-refractivity contribution in [3.8, 4) is 0 Å². The van der Waals surface area contributed by atoms with Crippen LogP contribution in [0.1, 0.15) is 34.9 Å². The molecule has 2 aromatic heterocycles. The molecule has 0 saturated heterocycles. The van der Waals surface area contributed by atoms with Crippen molar-refractivity contribution in [2.45, 2.75) is 31.7 Å². The minimum Gasteiger partial charge on any atom is -0.350 e. The predicted octanol–water partition coefficient (Wildman–Crippen LogP) is 2.21. The van der Waals surface area contributed by atoms with Crippen molar-refractivity contribution in [3.63, 3.8) is 0 Å². The molecule has 1 aliphatic rings. The number of rotatable bonds is 3. The lowest BCUT2D eigenvalue weighted by Gasteiger charge is -2.21. The summed E-state index contributed by atoms with van der Waals surface area (Å²) in [5.74, 6) is 0.159. The number of aryl methyl sites for hydroxylation is 1. The van der Waals surface area contributed by atoms with E-state index in [0.717, 1.165) is 25.0 Å². The van der Waals surface area contributed by atoms with Gasteiger partial charge in [0.15, 0.2) is 0 Å². The number of aromatic amines is 1. The standard InChI is InChI=1S/C13H15N3OS/c17-13(14-8-9-4-6-15-16-9)11-2-1-3-12-10(11)5-7-18-12/h4-7,11H,1-3,8H2,(H,14,17)(H,15,16). The molecule has 0 radical (unpaired) electrons. The van der Waals surface area contributed by atoms with E-state index >= 15 is 0 Å². The van der Waals surface area contributed by atoms with Crippen molar-refractivity contribution >= 4 is 17.2 Å². The number of nitrogens with zero attached hydrogens (tertiary/aromatic N) is 1. The molecule has 3 rings (SSSR count). The van der Waals surface area contributed by atoms with Gasteiger partial charge in [-0.15, -0.1) is 11.3 Å². The average molecular weight is 261 g/mol. The Labute approximate surface area is 109 Å². The van der Waals surface area contributed by atoms with E-state index in [9.17, 15) is 4.79 Å². The molecule has 2 aromatic rings. The first kappa shape index (κ1) is 11.5. The molecule has 94 valence electrons. The van der Waals surface area contributed by atoms with Crippen LogP contribution in [0.15, 0.2) is 23.7 Å². The van der Waals surface area contributed by atoms with E-state index in [1.807, 2.05) is 6.07 Å². The molecule has 1 atom stereocenters. The number of H-pyrrole nitrogens is 1. The molecule has 1 amide bonds. The highest BCUT2D eigenvalue weighted by molar-refractivity contribution is 7.10. The second-order valence-corrected chi connectivity index (χ2v) is 5.54. The largest absolute Gasteiger partial charge is 0.350 e. The third kappa shape index (κ3) is 2.18. The van der Waals surface area contributed by atoms with Crippen molar-refractivity contribution in [2.75, 3.05) is 0 Å². The Bertz CT molecular complexity index is 532. The summed E-state index contributed by atoms with van der Waals surface area (Å²) in [7, 11) is 0. The number of carbonyl (C=O) groups excluding carboxylic acids is 1. The molecular formula is C13H15N3OS. The van der Waals surface area contributed by atoms with E-state index in [1.165, 1.54) is 10.4 Å². The van der Waals surface area contributed by atoms with Gasteiger partial charge >= 0.3 is 0 Å². The van der Waals surface area contributed by atoms with Crippen LogP contribution >= 0.6 is 11.3 Å². The van der Waals surface area contributed by atoms with Crippen LogP contribution in [-0.4, -0.2) is 16.1 Å². The number of nitrogens with one attached hydrogen (secondary N) is 2. The minimum atomic E-state index is 0.0305. The van der Waals surface area contributed by atoms with Crippen molar-refractivity contribution in [2.24, 2.45) is 0 Å². The van der Waals surface area contributed by atoms with E-state index in [4.69, 9.17) is 0 Å². The number of carbonyl (C=O) groups is 1. The number of aromatic nitrogens is 2. The second kappa shape index (κ2) is 4.94. The van der Waals surface area contributed by atoms with E-state index in [1.54, 1.807) is 17.5 Å². The summed E-state index contributed by atoms with van der Waals surface area (Å²) < 4.78 is 0. The number of fused-ring (bicyclic) bond motifs is 1. The van der Waals surface area contributed by atoms with Crippen LogP contribution < -0.4 is 5.32 Å². The summed E-state index contributed by atoms with van der Waals surface area (Å²) >= 11 is 1.77. The summed E-state index contributed by atoms with van der Waals surface area (Å²) in [5.41, 5.74) is 2.16. The number of thiophene rings is 1. The lowest BCUT2D eigenvalue weighted by Crippen LogP contribution is -2.30. The number of hydrogen-bond acceptors (Lipinski definition) is 3. The highest BCUT2D eigenvalue weighted by atomic mass is 32.1. The first-order chi connectivity index (χ1) is 8.84. The van der Waals surface area contributed by atoms with E-state index in [2.05, 4.69) is 27.0 Å². The first-order valence-electron chi connectivity index (χ1n) is 6.17. The zero-order chi connectivity index (χ0) is 12.4. The fourth-order valence-electron chi connectivity index (χ4n) is 2.45. The van der Waals surface area contributed by atoms with E-state index in [0.29, 0.717) is 6.54 Å². The second-order valence-electron chi connectivity index (χ2n) is 4.54. The van der Waals surface area contributed by atoms with E-state index < -0.39 is 0 Å². The van der Waals surface area contributed by atoms with Gasteiger partial charge in [0, 0.05) is 11.1 Å². The Balaban J connectivity index is 1.67. The predicted molar refractivity (Wildman–Crippen MR) is 70.4 cm³/mol. The fraction of sp³-hybridized carbons (Fsp3) is 0.385. The summed E-state index contributed by atoms with van der Waals surface area (Å²) in [6.45, 7) is 0.523. The topological polar surface area (TPSA) is 57.8 Å². The van der Waals surface area contributed by atoms with Gasteiger partial charge in [0.2, 0.25) is 5.91 Å². The van der Waals surface area contributed by atoms with Gasteiger partial charge in [-0.1, -0.05) is 0 Å². The molecule has 0 saturated carbocycles. The van der Waals surface area contributed by atoms with Crippen LogP contribution in [0.5, 0.6) is 0 Å². The van der Waals surface area contributed by atoms with Gasteiger partial charge in [0.1, 0.15) is 0 Å². The lowest BCUT2D eigenvalue weighted by atomic mass is 9.87. The molecule has 18 heavy (non-hydrogen) atoms. The Morgan fingerprint density at radius 1 is 1.56 bits per heavy atom. The SMILES string of the molecule is O=C(NCc1ccn[nH]1)C1CCCc2sccc21. The van der Waals surface area contributed by atoms with Gasteiger partial charge in [-0.25, -0.2) is 0 Å². The zero-order valence-electron chi connectivity index (χ0n) is 9.98. The highest BCUT2D eigenvalue weighted by Crippen LogP contribution is 2.34. The molecular weight excluding hydrogens is 246 g/mol. The molecule has 0 aliphatic heterocycles. The maximum atomic E-state index is 12.2. The van der Waals surface area contributed by atoms with Crippen LogP contribution in [-0.2, 0) is 17.8 Å². The monoisotopic (exact) mass is 261 g/mol. The Morgan fingerprint density at radius 3 is 3.33 bits per heavy atom. The quantitative estimate of drug-likeness (QED) is 0.890. The van der Waals surface area contributed by atoms with Crippen molar-refractivity contribution < 1.29 is 4.79 Å². The van der Waals surface area contributed by atoms with Gasteiger partial charge in [-0.05, 0) is 42.3 Å². The smallest absolute Gasteiger partial charge is 0.227 e. The maximum Gasteiger partial charge on any atom is 0.227 e. The van der Waals surface area contributed by atoms with Gasteiger partial charge in [0.05, 0.1) is 18.2 Å². The lowest BCUT2D eigenvalue weighted by molar-refractivity contribution is -0.123. The molecule has 0 aromatic carbocycles. The molecule has 5 heteroatoms. The molecule has 0 spiro atoms. The minimum absolute atomic E-state index is 0.0305. The van der Waals surface area contributed by atoms with Crippen molar-refractivity contribution in [1.29, 1.82) is 0 Å². The molecule has 0 bridgehead atoms. The van der Waals surface area contributed by atoms with Crippen LogP contribution in [0.2, 0.25) is 0 Å². The third-order valence-electron chi connectivity index (χ3n) is 3.38. The first-order valence-corrected chi connectivity index (χ1v) is 7.05. The van der Waals surface area contributed by atoms with Gasteiger partial charge in [-0.3, -0.25) is 9.89 Å². The maximum absolute atomic E-state index is 12.2. The Morgan fingerprint density at radius 2 is 2.50 bits per heavy atom. The Kier molecular flexibility index (Phi) is 3.15. The summed E-state index contributed by atoms with van der Waals surface area (Å²) in [6, 6.07) is 3.97. The summed E-state index contributed by atoms with van der Waals surface area (Å²) in [5, 5.41) is 11.8. The summed E-state index contributed by atoms with van der Waals surface area (Å²) in [6.07, 6.45) is 4.88. The number of amides is 1. The average Bonchev–Trinajstić information content (AvgIpc) is 3.05. The normalized spacial score (nSPS) is 18.3. The van der Waals surface area contributed by atoms with Crippen LogP contribution in [0.3, 0.4) is 0 Å². The fourth-order valence-corrected chi connectivity index (χ4v) is 3.43. The molecule has 0 fully saturated rings. The molecule has 2 N–H and O–H groups in total. The molecule has 1 unspecified atom stereocenters. The number of hydrogen-bond donors (Lipinski definition) is 2. The van der Waals surface area contributed by atoms with Crippen molar-refractivity contribution in [1.82, 2.24) is 15.5 Å². The highest BCUT2D eigenvalue weighted by Gasteiger charge is 2.26. The third-order valence-corrected chi connectivity index (χ3v) is 4.38. The van der Waals surface area contributed by atoms with Gasteiger partial charge in [-0.2, -0.15) is 5.10 Å². The zero-order valence-corrected chi connectivity index (χ0v) is 10.8. The Hall–Kier alpha value is -1.62. The molecule has 4 nitrogen and oxygen atoms in total. The van der Waals surface area contributed by atoms with E-state index in [-0.39, 0.29) is 11.8 Å². The molecule has 1 aliphatic carbocycles. The summed E-state index contributed by atoms with van der Waals surface area (Å²) in [4.78, 5) is 13.6. The van der Waals surface area contributed by atoms with Crippen molar-refractivity contribution in [3.05, 3.63) is 39.8 Å². The van der Waals surface area contributed by atoms with Crippen LogP contribution in [0.4, 0.5) is 0 Å². The van der Waals surface area contributed by atoms with Gasteiger partial charge in [0.25, 0.3) is 0 Å². The van der Waals surface area contributed by atoms with Gasteiger partial charge < -0.3 is 5.32 Å². The van der Waals surface area contributed by atoms with Crippen LogP contribution in [0.25, 0.3) is 0 Å².